The van der Waals surface area contributed by atoms with Crippen LogP contribution in [0.25, 0.3) is 0 Å². The summed E-state index contributed by atoms with van der Waals surface area (Å²) >= 11 is 5.27. The zero-order chi connectivity index (χ0) is 8.97. The van der Waals surface area contributed by atoms with E-state index in [9.17, 15) is 0 Å². The van der Waals surface area contributed by atoms with E-state index in [0.29, 0.717) is 6.04 Å². The normalized spacial score (nSPS) is 12.8. The summed E-state index contributed by atoms with van der Waals surface area (Å²) in [5.74, 6) is 0. The van der Waals surface area contributed by atoms with E-state index in [0.717, 1.165) is 6.54 Å². The van der Waals surface area contributed by atoms with Gasteiger partial charge in [-0.05, 0) is 34.3 Å². The van der Waals surface area contributed by atoms with E-state index in [1.165, 1.54) is 9.35 Å². The van der Waals surface area contributed by atoms with Crippen LogP contribution in [0.15, 0.2) is 28.6 Å². The van der Waals surface area contributed by atoms with Crippen LogP contribution < -0.4 is 5.32 Å². The van der Waals surface area contributed by atoms with Gasteiger partial charge in [0.1, 0.15) is 0 Å². The van der Waals surface area contributed by atoms with Gasteiger partial charge in [0, 0.05) is 21.9 Å². The molecule has 1 atom stereocenters. The monoisotopic (exact) mass is 245 g/mol. The molecular formula is C9H12BrNS. The smallest absolute Gasteiger partial charge is 0.0399 e. The van der Waals surface area contributed by atoms with Gasteiger partial charge in [0.05, 0.1) is 0 Å². The summed E-state index contributed by atoms with van der Waals surface area (Å²) in [5.41, 5.74) is 0. The van der Waals surface area contributed by atoms with Crippen molar-refractivity contribution in [3.8, 4) is 0 Å². The van der Waals surface area contributed by atoms with Gasteiger partial charge in [0.15, 0.2) is 0 Å². The minimum Gasteiger partial charge on any atom is -0.306 e. The standard InChI is InChI=1S/C9H12BrNS/c1-3-5-11-7(2)9-8(10)4-6-12-9/h3-4,6-7,11H,1,5H2,2H3. The number of thiophene rings is 1. The zero-order valence-electron chi connectivity index (χ0n) is 7.01. The van der Waals surface area contributed by atoms with E-state index in [2.05, 4.69) is 46.2 Å². The first-order valence-electron chi connectivity index (χ1n) is 3.83. The highest BCUT2D eigenvalue weighted by molar-refractivity contribution is 9.10. The Labute approximate surface area is 85.6 Å². The summed E-state index contributed by atoms with van der Waals surface area (Å²) < 4.78 is 1.19. The number of hydrogen-bond donors (Lipinski definition) is 1. The van der Waals surface area contributed by atoms with Crippen molar-refractivity contribution in [3.05, 3.63) is 33.5 Å². The SMILES string of the molecule is C=CCNC(C)c1sccc1Br. The summed E-state index contributed by atoms with van der Waals surface area (Å²) in [6, 6.07) is 2.48. The van der Waals surface area contributed by atoms with Crippen molar-refractivity contribution in [3.63, 3.8) is 0 Å². The van der Waals surface area contributed by atoms with E-state index >= 15 is 0 Å². The van der Waals surface area contributed by atoms with Gasteiger partial charge in [-0.1, -0.05) is 6.08 Å². The highest BCUT2D eigenvalue weighted by Crippen LogP contribution is 2.28. The van der Waals surface area contributed by atoms with Crippen LogP contribution >= 0.6 is 27.3 Å². The Hall–Kier alpha value is -0.120. The van der Waals surface area contributed by atoms with E-state index in [1.807, 2.05) is 6.08 Å². The van der Waals surface area contributed by atoms with Crippen LogP contribution in [0, 0.1) is 0 Å². The van der Waals surface area contributed by atoms with E-state index in [-0.39, 0.29) is 0 Å². The van der Waals surface area contributed by atoms with Crippen molar-refractivity contribution in [1.82, 2.24) is 5.32 Å². The molecule has 1 rings (SSSR count). The number of halogens is 1. The quantitative estimate of drug-likeness (QED) is 0.803. The van der Waals surface area contributed by atoms with Gasteiger partial charge < -0.3 is 5.32 Å². The van der Waals surface area contributed by atoms with Crippen molar-refractivity contribution in [2.24, 2.45) is 0 Å². The Morgan fingerprint density at radius 2 is 2.58 bits per heavy atom. The van der Waals surface area contributed by atoms with Gasteiger partial charge in [-0.15, -0.1) is 17.9 Å². The summed E-state index contributed by atoms with van der Waals surface area (Å²) in [7, 11) is 0. The molecule has 0 saturated heterocycles. The summed E-state index contributed by atoms with van der Waals surface area (Å²) in [6.07, 6.45) is 1.87. The third kappa shape index (κ3) is 2.44. The second-order valence-corrected chi connectivity index (χ2v) is 4.35. The minimum absolute atomic E-state index is 0.400. The lowest BCUT2D eigenvalue weighted by molar-refractivity contribution is 0.626. The number of nitrogens with one attached hydrogen (secondary N) is 1. The lowest BCUT2D eigenvalue weighted by Crippen LogP contribution is -2.17. The van der Waals surface area contributed by atoms with Crippen LogP contribution in [0.2, 0.25) is 0 Å². The second kappa shape index (κ2) is 4.80. The average molecular weight is 246 g/mol. The second-order valence-electron chi connectivity index (χ2n) is 2.55. The van der Waals surface area contributed by atoms with Crippen LogP contribution in [0.4, 0.5) is 0 Å². The van der Waals surface area contributed by atoms with Crippen molar-refractivity contribution < 1.29 is 0 Å². The molecular weight excluding hydrogens is 234 g/mol. The van der Waals surface area contributed by atoms with E-state index in [1.54, 1.807) is 11.3 Å². The molecule has 12 heavy (non-hydrogen) atoms. The van der Waals surface area contributed by atoms with Crippen LogP contribution in [0.3, 0.4) is 0 Å². The Balaban J connectivity index is 2.58. The first-order valence-corrected chi connectivity index (χ1v) is 5.50. The fraction of sp³-hybridized carbons (Fsp3) is 0.333. The molecule has 1 nitrogen and oxygen atoms in total. The molecule has 1 unspecified atom stereocenters. The van der Waals surface area contributed by atoms with Crippen LogP contribution in [0.1, 0.15) is 17.8 Å². The van der Waals surface area contributed by atoms with Crippen molar-refractivity contribution in [2.75, 3.05) is 6.54 Å². The molecule has 0 aromatic carbocycles. The maximum Gasteiger partial charge on any atom is 0.0399 e. The molecule has 0 aliphatic rings. The molecule has 0 spiro atoms. The average Bonchev–Trinajstić information content (AvgIpc) is 2.47. The van der Waals surface area contributed by atoms with Crippen molar-refractivity contribution >= 4 is 27.3 Å². The van der Waals surface area contributed by atoms with Crippen molar-refractivity contribution in [1.29, 1.82) is 0 Å². The molecule has 0 fully saturated rings. The zero-order valence-corrected chi connectivity index (χ0v) is 9.41. The molecule has 0 saturated carbocycles. The molecule has 0 radical (unpaired) electrons. The van der Waals surface area contributed by atoms with Gasteiger partial charge in [0.2, 0.25) is 0 Å². The Bertz CT molecular complexity index is 257. The largest absolute Gasteiger partial charge is 0.306 e. The highest BCUT2D eigenvalue weighted by Gasteiger charge is 2.08. The Kier molecular flexibility index (Phi) is 3.98. The minimum atomic E-state index is 0.400. The maximum absolute atomic E-state index is 3.67. The summed E-state index contributed by atoms with van der Waals surface area (Å²) in [5, 5.41) is 5.43. The molecule has 3 heteroatoms. The molecule has 66 valence electrons. The molecule has 0 aliphatic heterocycles. The molecule has 0 aliphatic carbocycles. The molecule has 0 amide bonds. The number of rotatable bonds is 4. The van der Waals surface area contributed by atoms with Crippen molar-refractivity contribution in [2.45, 2.75) is 13.0 Å². The van der Waals surface area contributed by atoms with Gasteiger partial charge >= 0.3 is 0 Å². The van der Waals surface area contributed by atoms with Gasteiger partial charge in [-0.25, -0.2) is 0 Å². The first kappa shape index (κ1) is 9.96. The molecule has 1 aromatic rings. The fourth-order valence-electron chi connectivity index (χ4n) is 0.967. The summed E-state index contributed by atoms with van der Waals surface area (Å²) in [6.45, 7) is 6.67. The lowest BCUT2D eigenvalue weighted by Gasteiger charge is -2.10. The predicted molar refractivity (Wildman–Crippen MR) is 58.6 cm³/mol. The van der Waals surface area contributed by atoms with Gasteiger partial charge in [0.25, 0.3) is 0 Å². The molecule has 0 bridgehead atoms. The van der Waals surface area contributed by atoms with Gasteiger partial charge in [-0.3, -0.25) is 0 Å². The maximum atomic E-state index is 3.67. The predicted octanol–water partition coefficient (Wildman–Crippen LogP) is 3.35. The third-order valence-corrected chi connectivity index (χ3v) is 3.66. The molecule has 1 N–H and O–H groups in total. The Morgan fingerprint density at radius 1 is 1.83 bits per heavy atom. The number of hydrogen-bond acceptors (Lipinski definition) is 2. The van der Waals surface area contributed by atoms with Gasteiger partial charge in [-0.2, -0.15) is 0 Å². The van der Waals surface area contributed by atoms with Crippen LogP contribution in [-0.2, 0) is 0 Å². The molecule has 1 heterocycles. The first-order chi connectivity index (χ1) is 5.75. The Morgan fingerprint density at radius 3 is 3.08 bits per heavy atom. The van der Waals surface area contributed by atoms with E-state index in [4.69, 9.17) is 0 Å². The lowest BCUT2D eigenvalue weighted by atomic mass is 10.3. The van der Waals surface area contributed by atoms with Crippen LogP contribution in [0.5, 0.6) is 0 Å². The van der Waals surface area contributed by atoms with E-state index < -0.39 is 0 Å². The van der Waals surface area contributed by atoms with Crippen LogP contribution in [-0.4, -0.2) is 6.54 Å². The topological polar surface area (TPSA) is 12.0 Å². The highest BCUT2D eigenvalue weighted by atomic mass is 79.9. The fourth-order valence-corrected chi connectivity index (χ4v) is 2.72. The molecule has 1 aromatic heterocycles. The summed E-state index contributed by atoms with van der Waals surface area (Å²) in [4.78, 5) is 1.34. The third-order valence-electron chi connectivity index (χ3n) is 1.61.